The summed E-state index contributed by atoms with van der Waals surface area (Å²) in [5.41, 5.74) is 0. The average molecular weight is 1060 g/mol. The Hall–Kier alpha value is -1.28. The lowest BCUT2D eigenvalue weighted by Crippen LogP contribution is -2.45. The Labute approximate surface area is 461 Å². The molecule has 0 radical (unpaired) electrons. The number of hydrogen-bond acceptors (Lipinski definition) is 6. The van der Waals surface area contributed by atoms with E-state index in [0.717, 1.165) is 44.9 Å². The lowest BCUT2D eigenvalue weighted by atomic mass is 10.0. The minimum atomic E-state index is -4.61. The summed E-state index contributed by atoms with van der Waals surface area (Å²) >= 11 is 0. The number of amides is 1. The fourth-order valence-electron chi connectivity index (χ4n) is 9.78. The third-order valence-corrected chi connectivity index (χ3v) is 15.8. The van der Waals surface area contributed by atoms with E-state index in [1.165, 1.54) is 257 Å². The van der Waals surface area contributed by atoms with Crippen LogP contribution < -0.4 is 10.2 Å². The van der Waals surface area contributed by atoms with Crippen LogP contribution in [0, 0.1) is 0 Å². The van der Waals surface area contributed by atoms with E-state index in [4.69, 9.17) is 9.05 Å². The molecule has 2 N–H and O–H groups in total. The second-order valence-corrected chi connectivity index (χ2v) is 24.9. The van der Waals surface area contributed by atoms with Crippen LogP contribution in [0.5, 0.6) is 0 Å². The van der Waals surface area contributed by atoms with Gasteiger partial charge in [-0.25, -0.2) is 0 Å². The first-order valence-electron chi connectivity index (χ1n) is 32.4. The summed E-state index contributed by atoms with van der Waals surface area (Å²) in [4.78, 5) is 25.5. The number of carbonyl (C=O) groups excluding carboxylic acids is 1. The molecular weight excluding hydrogens is 936 g/mol. The van der Waals surface area contributed by atoms with Gasteiger partial charge < -0.3 is 28.8 Å². The molecule has 3 unspecified atom stereocenters. The normalized spacial score (nSPS) is 14.0. The highest BCUT2D eigenvalue weighted by atomic mass is 31.2. The van der Waals surface area contributed by atoms with Gasteiger partial charge in [0.05, 0.1) is 39.9 Å². The van der Waals surface area contributed by atoms with E-state index in [-0.39, 0.29) is 12.5 Å². The van der Waals surface area contributed by atoms with Crippen molar-refractivity contribution in [1.82, 2.24) is 5.32 Å². The number of phosphoric ester groups is 1. The van der Waals surface area contributed by atoms with Crippen LogP contribution in [0.15, 0.2) is 36.5 Å². The Bertz CT molecular complexity index is 1300. The monoisotopic (exact) mass is 1060 g/mol. The summed E-state index contributed by atoms with van der Waals surface area (Å²) in [6.07, 6.45) is 74.2. The summed E-state index contributed by atoms with van der Waals surface area (Å²) in [5, 5.41) is 13.8. The third kappa shape index (κ3) is 58.4. The maximum atomic E-state index is 13.0. The largest absolute Gasteiger partial charge is 0.756 e. The van der Waals surface area contributed by atoms with Gasteiger partial charge in [0.25, 0.3) is 7.82 Å². The van der Waals surface area contributed by atoms with Crippen LogP contribution in [0.3, 0.4) is 0 Å². The first-order chi connectivity index (χ1) is 36.0. The Morgan fingerprint density at radius 3 is 1.09 bits per heavy atom. The number of nitrogens with one attached hydrogen (secondary N) is 1. The quantitative estimate of drug-likeness (QED) is 0.0272. The number of rotatable bonds is 60. The zero-order valence-corrected chi connectivity index (χ0v) is 51.0. The average Bonchev–Trinajstić information content (AvgIpc) is 3.36. The summed E-state index contributed by atoms with van der Waals surface area (Å²) in [5.74, 6) is -0.206. The minimum absolute atomic E-state index is 0.00748. The molecule has 0 aromatic heterocycles. The van der Waals surface area contributed by atoms with E-state index in [0.29, 0.717) is 17.4 Å². The number of aliphatic hydroxyl groups is 1. The molecule has 9 heteroatoms. The van der Waals surface area contributed by atoms with Crippen molar-refractivity contribution in [2.45, 2.75) is 334 Å². The van der Waals surface area contributed by atoms with Crippen molar-refractivity contribution in [3.8, 4) is 0 Å². The number of aliphatic hydroxyl groups excluding tert-OH is 1. The summed E-state index contributed by atoms with van der Waals surface area (Å²) in [7, 11) is 1.25. The molecule has 438 valence electrons. The van der Waals surface area contributed by atoms with Crippen LogP contribution in [-0.4, -0.2) is 68.5 Å². The van der Waals surface area contributed by atoms with Crippen molar-refractivity contribution in [1.29, 1.82) is 0 Å². The van der Waals surface area contributed by atoms with Gasteiger partial charge in [-0.1, -0.05) is 307 Å². The van der Waals surface area contributed by atoms with E-state index in [9.17, 15) is 19.4 Å². The Morgan fingerprint density at radius 2 is 0.757 bits per heavy atom. The van der Waals surface area contributed by atoms with Gasteiger partial charge in [0.2, 0.25) is 5.91 Å². The first-order valence-corrected chi connectivity index (χ1v) is 33.8. The molecule has 0 heterocycles. The van der Waals surface area contributed by atoms with Crippen LogP contribution in [0.25, 0.3) is 0 Å². The van der Waals surface area contributed by atoms with Gasteiger partial charge in [-0.15, -0.1) is 0 Å². The second kappa shape index (κ2) is 56.4. The number of hydrogen-bond donors (Lipinski definition) is 2. The molecule has 0 saturated carbocycles. The molecule has 0 aromatic rings. The predicted octanol–water partition coefficient (Wildman–Crippen LogP) is 19.5. The van der Waals surface area contributed by atoms with Gasteiger partial charge in [-0.3, -0.25) is 9.36 Å². The van der Waals surface area contributed by atoms with Crippen LogP contribution in [0.2, 0.25) is 0 Å². The van der Waals surface area contributed by atoms with Crippen LogP contribution >= 0.6 is 7.82 Å². The topological polar surface area (TPSA) is 108 Å². The Kier molecular flexibility index (Phi) is 55.5. The van der Waals surface area contributed by atoms with Crippen LogP contribution in [0.1, 0.15) is 322 Å². The molecule has 74 heavy (non-hydrogen) atoms. The van der Waals surface area contributed by atoms with E-state index in [1.54, 1.807) is 6.08 Å². The zero-order chi connectivity index (χ0) is 54.2. The fourth-order valence-corrected chi connectivity index (χ4v) is 10.5. The molecule has 0 aliphatic rings. The van der Waals surface area contributed by atoms with Gasteiger partial charge >= 0.3 is 0 Å². The highest BCUT2D eigenvalue weighted by molar-refractivity contribution is 7.45. The molecule has 0 fully saturated rings. The number of carbonyl (C=O) groups is 1. The minimum Gasteiger partial charge on any atom is -0.756 e. The molecule has 0 spiro atoms. The highest BCUT2D eigenvalue weighted by Crippen LogP contribution is 2.38. The van der Waals surface area contributed by atoms with Crippen molar-refractivity contribution >= 4 is 13.7 Å². The van der Waals surface area contributed by atoms with Gasteiger partial charge in [0, 0.05) is 6.42 Å². The summed E-state index contributed by atoms with van der Waals surface area (Å²) < 4.78 is 23.3. The van der Waals surface area contributed by atoms with Crippen LogP contribution in [-0.2, 0) is 18.4 Å². The number of phosphoric acid groups is 1. The van der Waals surface area contributed by atoms with E-state index in [1.807, 2.05) is 27.2 Å². The number of quaternary nitrogens is 1. The molecule has 0 bridgehead atoms. The summed E-state index contributed by atoms with van der Waals surface area (Å²) in [6, 6.07) is -0.908. The van der Waals surface area contributed by atoms with E-state index >= 15 is 0 Å². The summed E-state index contributed by atoms with van der Waals surface area (Å²) in [6.45, 7) is 4.64. The molecule has 0 rings (SSSR count). The van der Waals surface area contributed by atoms with Crippen molar-refractivity contribution < 1.29 is 32.9 Å². The van der Waals surface area contributed by atoms with Crippen molar-refractivity contribution in [3.63, 3.8) is 0 Å². The van der Waals surface area contributed by atoms with Crippen LogP contribution in [0.4, 0.5) is 0 Å². The molecule has 0 aromatic carbocycles. The number of likely N-dealkylation sites (N-methyl/N-ethyl adjacent to an activating group) is 1. The number of allylic oxidation sites excluding steroid dienone is 5. The molecule has 3 atom stereocenters. The Morgan fingerprint density at radius 1 is 0.459 bits per heavy atom. The lowest BCUT2D eigenvalue weighted by Gasteiger charge is -2.29. The molecule has 0 saturated heterocycles. The lowest BCUT2D eigenvalue weighted by molar-refractivity contribution is -0.870. The fraction of sp³-hybridized carbons (Fsp3) is 0.892. The SMILES string of the molecule is CCCCCCC/C=C/CC/C=C/CC/C=C/C(O)C(COP(=O)([O-])OCC[N+](C)(C)C)NC(=O)CCCCCCCCCCCCCCCCCCCCCCCCCCCCCCCCCCCCCCC. The van der Waals surface area contributed by atoms with Gasteiger partial charge in [-0.2, -0.15) is 0 Å². The second-order valence-electron chi connectivity index (χ2n) is 23.5. The van der Waals surface area contributed by atoms with E-state index < -0.39 is 26.6 Å². The van der Waals surface area contributed by atoms with Crippen molar-refractivity contribution in [2.75, 3.05) is 40.9 Å². The maximum absolute atomic E-state index is 13.0. The third-order valence-electron chi connectivity index (χ3n) is 14.8. The number of unbranched alkanes of at least 4 members (excludes halogenated alkanes) is 43. The maximum Gasteiger partial charge on any atom is 0.268 e. The molecule has 8 nitrogen and oxygen atoms in total. The molecular formula is C65H127N2O6P. The molecule has 0 aliphatic carbocycles. The predicted molar refractivity (Wildman–Crippen MR) is 321 cm³/mol. The van der Waals surface area contributed by atoms with Gasteiger partial charge in [0.1, 0.15) is 13.2 Å². The smallest absolute Gasteiger partial charge is 0.268 e. The standard InChI is InChI=1S/C65H127N2O6P/c1-6-8-10-12-14-16-18-20-22-23-24-25-26-27-28-29-30-31-32-33-34-35-36-37-38-39-40-41-42-43-45-47-49-51-53-55-57-59-65(69)66-63(62-73-74(70,71)72-61-60-67(3,4)5)64(68)58-56-54-52-50-48-46-44-21-19-17-15-13-11-9-7-2/h19,21,48,50,56,58,63-64,68H,6-18,20,22-47,49,51-55,57,59-62H2,1-5H3,(H-,66,69,70,71)/b21-19+,50-48+,58-56+. The van der Waals surface area contributed by atoms with E-state index in [2.05, 4.69) is 43.5 Å². The zero-order valence-electron chi connectivity index (χ0n) is 50.1. The van der Waals surface area contributed by atoms with Crippen molar-refractivity contribution in [3.05, 3.63) is 36.5 Å². The van der Waals surface area contributed by atoms with Gasteiger partial charge in [-0.05, 0) is 44.9 Å². The van der Waals surface area contributed by atoms with Gasteiger partial charge in [0.15, 0.2) is 0 Å². The molecule has 1 amide bonds. The number of nitrogens with zero attached hydrogens (tertiary/aromatic N) is 1. The Balaban J connectivity index is 3.93. The molecule has 0 aliphatic heterocycles. The highest BCUT2D eigenvalue weighted by Gasteiger charge is 2.23. The van der Waals surface area contributed by atoms with Crippen molar-refractivity contribution in [2.24, 2.45) is 0 Å². The first kappa shape index (κ1) is 72.7.